The summed E-state index contributed by atoms with van der Waals surface area (Å²) >= 11 is 0. The third-order valence-electron chi connectivity index (χ3n) is 3.93. The molecule has 0 unspecified atom stereocenters. The van der Waals surface area contributed by atoms with E-state index in [1.54, 1.807) is 7.11 Å². The summed E-state index contributed by atoms with van der Waals surface area (Å²) in [4.78, 5) is 14.4. The number of carbonyl (C=O) groups is 1. The molecule has 2 N–H and O–H groups in total. The number of urea groups is 1. The van der Waals surface area contributed by atoms with E-state index < -0.39 is 0 Å². The Bertz CT molecular complexity index is 459. The van der Waals surface area contributed by atoms with E-state index in [1.807, 2.05) is 24.3 Å². The zero-order valence-corrected chi connectivity index (χ0v) is 12.9. The van der Waals surface area contributed by atoms with Gasteiger partial charge >= 0.3 is 6.03 Å². The first-order chi connectivity index (χ1) is 10.2. The number of likely N-dealkylation sites (tertiary alicyclic amines) is 1. The van der Waals surface area contributed by atoms with Gasteiger partial charge in [-0.3, -0.25) is 4.90 Å². The summed E-state index contributed by atoms with van der Waals surface area (Å²) in [5.74, 6) is 0.664. The minimum atomic E-state index is -0.191. The van der Waals surface area contributed by atoms with Gasteiger partial charge in [0.2, 0.25) is 0 Å². The van der Waals surface area contributed by atoms with Crippen LogP contribution in [0.25, 0.3) is 0 Å². The standard InChI is InChI=1S/C16H25N3O2/c1-13(19-10-6-3-7-11-19)12-17-16(20)18-14-8-4-5-9-15(14)21-2/h4-5,8-9,13H,3,6-7,10-12H2,1-2H3,(H2,17,18,20)/t13-/m1/s1. The van der Waals surface area contributed by atoms with Crippen LogP contribution in [0.2, 0.25) is 0 Å². The fraction of sp³-hybridized carbons (Fsp3) is 0.562. The zero-order valence-electron chi connectivity index (χ0n) is 12.9. The number of ether oxygens (including phenoxy) is 1. The fourth-order valence-corrected chi connectivity index (χ4v) is 2.64. The topological polar surface area (TPSA) is 53.6 Å². The summed E-state index contributed by atoms with van der Waals surface area (Å²) in [7, 11) is 1.59. The molecular weight excluding hydrogens is 266 g/mol. The van der Waals surface area contributed by atoms with Crippen molar-refractivity contribution in [3.8, 4) is 5.75 Å². The van der Waals surface area contributed by atoms with Gasteiger partial charge in [-0.25, -0.2) is 4.79 Å². The smallest absolute Gasteiger partial charge is 0.319 e. The highest BCUT2D eigenvalue weighted by Crippen LogP contribution is 2.22. The summed E-state index contributed by atoms with van der Waals surface area (Å²) < 4.78 is 5.22. The van der Waals surface area contributed by atoms with E-state index in [2.05, 4.69) is 22.5 Å². The number of amides is 2. The molecule has 5 heteroatoms. The van der Waals surface area contributed by atoms with Gasteiger partial charge in [0.05, 0.1) is 12.8 Å². The Morgan fingerprint density at radius 2 is 2.00 bits per heavy atom. The first-order valence-electron chi connectivity index (χ1n) is 7.62. The monoisotopic (exact) mass is 291 g/mol. The van der Waals surface area contributed by atoms with Gasteiger partial charge in [-0.15, -0.1) is 0 Å². The number of carbonyl (C=O) groups excluding carboxylic acids is 1. The molecule has 0 aliphatic carbocycles. The van der Waals surface area contributed by atoms with E-state index in [0.29, 0.717) is 24.0 Å². The lowest BCUT2D eigenvalue weighted by molar-refractivity contribution is 0.171. The molecule has 0 radical (unpaired) electrons. The molecule has 0 aromatic heterocycles. The molecule has 1 aliphatic rings. The van der Waals surface area contributed by atoms with Gasteiger partial charge in [-0.05, 0) is 45.0 Å². The minimum Gasteiger partial charge on any atom is -0.495 e. The molecule has 2 amide bonds. The second-order valence-corrected chi connectivity index (χ2v) is 5.48. The van der Waals surface area contributed by atoms with Gasteiger partial charge in [0, 0.05) is 12.6 Å². The van der Waals surface area contributed by atoms with E-state index in [0.717, 1.165) is 13.1 Å². The summed E-state index contributed by atoms with van der Waals surface area (Å²) in [6.45, 7) is 5.09. The van der Waals surface area contributed by atoms with Crippen LogP contribution in [0.5, 0.6) is 5.75 Å². The molecule has 0 bridgehead atoms. The van der Waals surface area contributed by atoms with Gasteiger partial charge in [-0.1, -0.05) is 18.6 Å². The fourth-order valence-electron chi connectivity index (χ4n) is 2.64. The van der Waals surface area contributed by atoms with Crippen LogP contribution < -0.4 is 15.4 Å². The van der Waals surface area contributed by atoms with Crippen molar-refractivity contribution in [3.63, 3.8) is 0 Å². The third kappa shape index (κ3) is 4.63. The highest BCUT2D eigenvalue weighted by atomic mass is 16.5. The van der Waals surface area contributed by atoms with Crippen LogP contribution >= 0.6 is 0 Å². The second-order valence-electron chi connectivity index (χ2n) is 5.48. The van der Waals surface area contributed by atoms with E-state index in [9.17, 15) is 4.79 Å². The van der Waals surface area contributed by atoms with Crippen LogP contribution in [0.3, 0.4) is 0 Å². The Kier molecular flexibility index (Phi) is 5.87. The van der Waals surface area contributed by atoms with Crippen molar-refractivity contribution in [2.24, 2.45) is 0 Å². The van der Waals surface area contributed by atoms with Crippen molar-refractivity contribution in [2.45, 2.75) is 32.2 Å². The average Bonchev–Trinajstić information content (AvgIpc) is 2.54. The largest absolute Gasteiger partial charge is 0.495 e. The van der Waals surface area contributed by atoms with Gasteiger partial charge in [0.25, 0.3) is 0 Å². The predicted octanol–water partition coefficient (Wildman–Crippen LogP) is 2.69. The van der Waals surface area contributed by atoms with Gasteiger partial charge < -0.3 is 15.4 Å². The maximum atomic E-state index is 12.0. The summed E-state index contributed by atoms with van der Waals surface area (Å²) in [5.41, 5.74) is 0.683. The highest BCUT2D eigenvalue weighted by Gasteiger charge is 2.17. The average molecular weight is 291 g/mol. The van der Waals surface area contributed by atoms with Crippen LogP contribution in [0.1, 0.15) is 26.2 Å². The highest BCUT2D eigenvalue weighted by molar-refractivity contribution is 5.90. The van der Waals surface area contributed by atoms with Gasteiger partial charge in [-0.2, -0.15) is 0 Å². The van der Waals surface area contributed by atoms with Crippen LogP contribution in [-0.2, 0) is 0 Å². The van der Waals surface area contributed by atoms with E-state index >= 15 is 0 Å². The lowest BCUT2D eigenvalue weighted by Gasteiger charge is -2.32. The zero-order chi connectivity index (χ0) is 15.1. The van der Waals surface area contributed by atoms with Crippen molar-refractivity contribution >= 4 is 11.7 Å². The molecule has 1 atom stereocenters. The van der Waals surface area contributed by atoms with Crippen molar-refractivity contribution in [1.29, 1.82) is 0 Å². The quantitative estimate of drug-likeness (QED) is 0.877. The van der Waals surface area contributed by atoms with Crippen molar-refractivity contribution in [1.82, 2.24) is 10.2 Å². The number of benzene rings is 1. The molecule has 0 saturated carbocycles. The Hall–Kier alpha value is -1.75. The molecule has 21 heavy (non-hydrogen) atoms. The molecule has 1 aromatic carbocycles. The molecule has 1 aliphatic heterocycles. The summed E-state index contributed by atoms with van der Waals surface area (Å²) in [5, 5.41) is 5.76. The van der Waals surface area contributed by atoms with Crippen LogP contribution in [0, 0.1) is 0 Å². The Morgan fingerprint density at radius 3 is 2.71 bits per heavy atom. The molecule has 1 saturated heterocycles. The number of piperidine rings is 1. The second kappa shape index (κ2) is 7.88. The maximum absolute atomic E-state index is 12.0. The third-order valence-corrected chi connectivity index (χ3v) is 3.93. The lowest BCUT2D eigenvalue weighted by Crippen LogP contribution is -2.45. The number of methoxy groups -OCH3 is 1. The Morgan fingerprint density at radius 1 is 1.29 bits per heavy atom. The number of hydrogen-bond donors (Lipinski definition) is 2. The maximum Gasteiger partial charge on any atom is 0.319 e. The Balaban J connectivity index is 1.79. The normalized spacial score (nSPS) is 17.0. The summed E-state index contributed by atoms with van der Waals surface area (Å²) in [6.07, 6.45) is 3.85. The molecule has 1 fully saturated rings. The number of nitrogens with zero attached hydrogens (tertiary/aromatic N) is 1. The van der Waals surface area contributed by atoms with Crippen molar-refractivity contribution < 1.29 is 9.53 Å². The summed E-state index contributed by atoms with van der Waals surface area (Å²) in [6, 6.07) is 7.57. The SMILES string of the molecule is COc1ccccc1NC(=O)NC[C@@H](C)N1CCCCC1. The first kappa shape index (κ1) is 15.6. The molecule has 116 valence electrons. The van der Waals surface area contributed by atoms with Crippen LogP contribution in [0.4, 0.5) is 10.5 Å². The van der Waals surface area contributed by atoms with Crippen molar-refractivity contribution in [2.75, 3.05) is 32.1 Å². The number of para-hydroxylation sites is 2. The van der Waals surface area contributed by atoms with Crippen molar-refractivity contribution in [3.05, 3.63) is 24.3 Å². The molecule has 1 aromatic rings. The van der Waals surface area contributed by atoms with E-state index in [-0.39, 0.29) is 6.03 Å². The van der Waals surface area contributed by atoms with E-state index in [1.165, 1.54) is 19.3 Å². The molecule has 2 rings (SSSR count). The lowest BCUT2D eigenvalue weighted by atomic mass is 10.1. The minimum absolute atomic E-state index is 0.191. The van der Waals surface area contributed by atoms with Crippen LogP contribution in [0.15, 0.2) is 24.3 Å². The number of rotatable bonds is 5. The predicted molar refractivity (Wildman–Crippen MR) is 84.9 cm³/mol. The first-order valence-corrected chi connectivity index (χ1v) is 7.62. The van der Waals surface area contributed by atoms with E-state index in [4.69, 9.17) is 4.74 Å². The number of nitrogens with one attached hydrogen (secondary N) is 2. The van der Waals surface area contributed by atoms with Gasteiger partial charge in [0.1, 0.15) is 5.75 Å². The van der Waals surface area contributed by atoms with Gasteiger partial charge in [0.15, 0.2) is 0 Å². The molecule has 0 spiro atoms. The molecular formula is C16H25N3O2. The molecule has 5 nitrogen and oxygen atoms in total. The Labute approximate surface area is 126 Å². The molecule has 1 heterocycles. The number of anilines is 1. The number of hydrogen-bond acceptors (Lipinski definition) is 3. The van der Waals surface area contributed by atoms with Crippen LogP contribution in [-0.4, -0.2) is 43.7 Å².